The van der Waals surface area contributed by atoms with Crippen LogP contribution in [0.4, 0.5) is 13.2 Å². The van der Waals surface area contributed by atoms with Crippen molar-refractivity contribution in [3.05, 3.63) is 47.3 Å². The molecule has 1 aromatic heterocycles. The molecule has 8 heteroatoms. The van der Waals surface area contributed by atoms with Crippen LogP contribution in [-0.4, -0.2) is 43.9 Å². The lowest BCUT2D eigenvalue weighted by molar-refractivity contribution is -0.154. The van der Waals surface area contributed by atoms with E-state index in [9.17, 15) is 23.1 Å². The third-order valence-electron chi connectivity index (χ3n) is 8.87. The Morgan fingerprint density at radius 1 is 1.06 bits per heavy atom. The summed E-state index contributed by atoms with van der Waals surface area (Å²) in [5.74, 6) is 1.18. The zero-order valence-electron chi connectivity index (χ0n) is 19.5. The largest absolute Gasteiger partial charge is 0.416 e. The van der Waals surface area contributed by atoms with Crippen LogP contribution in [0.25, 0.3) is 5.69 Å². The summed E-state index contributed by atoms with van der Waals surface area (Å²) in [6.07, 6.45) is 2.52. The van der Waals surface area contributed by atoms with E-state index >= 15 is 0 Å². The molecule has 182 valence electrons. The molecule has 5 nitrogen and oxygen atoms in total. The number of halogens is 3. The SMILES string of the molecule is CC1(C)CCN(C2C3CC4CC2CC(O)(C4)C3)C(=O)c2cnn(-c3ccc(C(F)(F)F)cc3)c21. The Hall–Kier alpha value is -2.35. The van der Waals surface area contributed by atoms with Gasteiger partial charge in [-0.3, -0.25) is 4.79 Å². The average Bonchev–Trinajstić information content (AvgIpc) is 3.16. The summed E-state index contributed by atoms with van der Waals surface area (Å²) in [5.41, 5.74) is 0.153. The minimum atomic E-state index is -4.40. The summed E-state index contributed by atoms with van der Waals surface area (Å²) in [7, 11) is 0. The number of fused-ring (bicyclic) bond motifs is 1. The first-order valence-electron chi connectivity index (χ1n) is 12.2. The molecule has 34 heavy (non-hydrogen) atoms. The summed E-state index contributed by atoms with van der Waals surface area (Å²) in [4.78, 5) is 16.0. The van der Waals surface area contributed by atoms with Gasteiger partial charge in [0.05, 0.1) is 34.3 Å². The Bertz CT molecular complexity index is 1120. The van der Waals surface area contributed by atoms with Crippen molar-refractivity contribution in [3.8, 4) is 5.69 Å². The number of rotatable bonds is 2. The second-order valence-electron chi connectivity index (χ2n) is 11.7. The van der Waals surface area contributed by atoms with E-state index in [1.54, 1.807) is 10.9 Å². The van der Waals surface area contributed by atoms with Crippen LogP contribution < -0.4 is 0 Å². The van der Waals surface area contributed by atoms with Gasteiger partial charge >= 0.3 is 6.18 Å². The van der Waals surface area contributed by atoms with Crippen LogP contribution in [0.5, 0.6) is 0 Å². The quantitative estimate of drug-likeness (QED) is 0.671. The second-order valence-corrected chi connectivity index (χ2v) is 11.7. The van der Waals surface area contributed by atoms with E-state index in [1.165, 1.54) is 12.1 Å². The zero-order chi connectivity index (χ0) is 24.0. The lowest BCUT2D eigenvalue weighted by Gasteiger charge is -2.60. The van der Waals surface area contributed by atoms with Gasteiger partial charge in [-0.05, 0) is 80.5 Å². The minimum absolute atomic E-state index is 0.0387. The molecule has 0 spiro atoms. The molecule has 0 saturated heterocycles. The van der Waals surface area contributed by atoms with E-state index < -0.39 is 17.3 Å². The van der Waals surface area contributed by atoms with Crippen molar-refractivity contribution >= 4 is 5.91 Å². The van der Waals surface area contributed by atoms with Crippen LogP contribution in [-0.2, 0) is 11.6 Å². The smallest absolute Gasteiger partial charge is 0.390 e. The predicted octanol–water partition coefficient (Wildman–Crippen LogP) is 4.95. The normalized spacial score (nSPS) is 34.3. The number of hydrogen-bond acceptors (Lipinski definition) is 3. The molecule has 2 heterocycles. The van der Waals surface area contributed by atoms with Crippen LogP contribution in [0.3, 0.4) is 0 Å². The van der Waals surface area contributed by atoms with E-state index in [4.69, 9.17) is 0 Å². The Morgan fingerprint density at radius 3 is 2.29 bits per heavy atom. The average molecular weight is 474 g/mol. The number of alkyl halides is 3. The molecule has 0 radical (unpaired) electrons. The van der Waals surface area contributed by atoms with Crippen molar-refractivity contribution in [2.75, 3.05) is 6.54 Å². The van der Waals surface area contributed by atoms with Gasteiger partial charge in [0, 0.05) is 18.0 Å². The van der Waals surface area contributed by atoms with Crippen LogP contribution in [0.2, 0.25) is 0 Å². The third kappa shape index (κ3) is 3.32. The fraction of sp³-hybridized carbons (Fsp3) is 0.615. The van der Waals surface area contributed by atoms with Crippen LogP contribution >= 0.6 is 0 Å². The number of amides is 1. The Balaban J connectivity index is 1.36. The minimum Gasteiger partial charge on any atom is -0.390 e. The molecular formula is C26H30F3N3O2. The first-order chi connectivity index (χ1) is 16.0. The Labute approximate surface area is 196 Å². The van der Waals surface area contributed by atoms with Crippen molar-refractivity contribution in [1.29, 1.82) is 0 Å². The van der Waals surface area contributed by atoms with Crippen molar-refractivity contribution in [2.45, 2.75) is 75.6 Å². The van der Waals surface area contributed by atoms with Gasteiger partial charge in [-0.2, -0.15) is 18.3 Å². The highest BCUT2D eigenvalue weighted by atomic mass is 19.4. The van der Waals surface area contributed by atoms with Gasteiger partial charge in [-0.25, -0.2) is 4.68 Å². The van der Waals surface area contributed by atoms with E-state index in [0.717, 1.165) is 56.4 Å². The number of aromatic nitrogens is 2. The molecule has 4 bridgehead atoms. The van der Waals surface area contributed by atoms with Gasteiger partial charge in [0.15, 0.2) is 0 Å². The molecule has 1 aromatic carbocycles. The molecule has 1 N–H and O–H groups in total. The summed E-state index contributed by atoms with van der Waals surface area (Å²) < 4.78 is 40.8. The topological polar surface area (TPSA) is 58.4 Å². The number of nitrogens with zero attached hydrogens (tertiary/aromatic N) is 3. The number of carbonyl (C=O) groups is 1. The molecule has 2 unspecified atom stereocenters. The van der Waals surface area contributed by atoms with E-state index in [2.05, 4.69) is 18.9 Å². The maximum atomic E-state index is 13.9. The molecule has 4 saturated carbocycles. The molecule has 7 rings (SSSR count). The summed E-state index contributed by atoms with van der Waals surface area (Å²) in [6.45, 7) is 4.78. The summed E-state index contributed by atoms with van der Waals surface area (Å²) in [5, 5.41) is 15.5. The van der Waals surface area contributed by atoms with Crippen molar-refractivity contribution in [2.24, 2.45) is 17.8 Å². The van der Waals surface area contributed by atoms with Gasteiger partial charge in [0.1, 0.15) is 0 Å². The molecule has 1 amide bonds. The molecule has 2 atom stereocenters. The highest BCUT2D eigenvalue weighted by Gasteiger charge is 2.57. The third-order valence-corrected chi connectivity index (χ3v) is 8.87. The maximum Gasteiger partial charge on any atom is 0.416 e. The van der Waals surface area contributed by atoms with Gasteiger partial charge in [-0.15, -0.1) is 0 Å². The second kappa shape index (κ2) is 7.09. The lowest BCUT2D eigenvalue weighted by atomic mass is 9.52. The van der Waals surface area contributed by atoms with Crippen LogP contribution in [0.15, 0.2) is 30.5 Å². The van der Waals surface area contributed by atoms with Crippen LogP contribution in [0.1, 0.15) is 74.0 Å². The van der Waals surface area contributed by atoms with Gasteiger partial charge in [-0.1, -0.05) is 13.8 Å². The number of benzene rings is 1. The molecule has 4 aliphatic carbocycles. The van der Waals surface area contributed by atoms with Crippen LogP contribution in [0, 0.1) is 17.8 Å². The molecule has 1 aliphatic heterocycles. The number of aliphatic hydroxyl groups is 1. The Kier molecular flexibility index (Phi) is 4.62. The number of hydrogen-bond donors (Lipinski definition) is 1. The first kappa shape index (κ1) is 22.1. The fourth-order valence-electron chi connectivity index (χ4n) is 7.67. The van der Waals surface area contributed by atoms with Gasteiger partial charge < -0.3 is 10.0 Å². The number of carbonyl (C=O) groups excluding carboxylic acids is 1. The standard InChI is InChI=1S/C26H30F3N3O2/c1-24(2)7-8-31(21-16-9-15-10-17(21)13-25(34,11-15)12-16)23(33)20-14-30-32(22(20)24)19-5-3-18(4-6-19)26(27,28)29/h3-6,14-17,21,34H,7-13H2,1-2H3. The van der Waals surface area contributed by atoms with E-state index in [0.29, 0.717) is 35.5 Å². The highest BCUT2D eigenvalue weighted by Crippen LogP contribution is 2.57. The monoisotopic (exact) mass is 473 g/mol. The maximum absolute atomic E-state index is 13.9. The lowest BCUT2D eigenvalue weighted by Crippen LogP contribution is -2.62. The van der Waals surface area contributed by atoms with Crippen molar-refractivity contribution in [1.82, 2.24) is 14.7 Å². The van der Waals surface area contributed by atoms with Crippen molar-refractivity contribution < 1.29 is 23.1 Å². The van der Waals surface area contributed by atoms with E-state index in [-0.39, 0.29) is 17.4 Å². The Morgan fingerprint density at radius 2 is 1.71 bits per heavy atom. The van der Waals surface area contributed by atoms with E-state index in [1.807, 2.05) is 4.90 Å². The van der Waals surface area contributed by atoms with Gasteiger partial charge in [0.25, 0.3) is 5.91 Å². The zero-order valence-corrected chi connectivity index (χ0v) is 19.5. The first-order valence-corrected chi connectivity index (χ1v) is 12.2. The summed E-state index contributed by atoms with van der Waals surface area (Å²) in [6, 6.07) is 5.08. The molecule has 4 fully saturated rings. The highest BCUT2D eigenvalue weighted by molar-refractivity contribution is 5.96. The fourth-order valence-corrected chi connectivity index (χ4v) is 7.67. The van der Waals surface area contributed by atoms with Crippen molar-refractivity contribution in [3.63, 3.8) is 0 Å². The molecule has 5 aliphatic rings. The molecular weight excluding hydrogens is 443 g/mol. The summed E-state index contributed by atoms with van der Waals surface area (Å²) >= 11 is 0. The van der Waals surface area contributed by atoms with Gasteiger partial charge in [0.2, 0.25) is 0 Å². The predicted molar refractivity (Wildman–Crippen MR) is 120 cm³/mol. The molecule has 2 aromatic rings.